The highest BCUT2D eigenvalue weighted by Gasteiger charge is 2.31. The van der Waals surface area contributed by atoms with E-state index in [1.165, 1.54) is 5.56 Å². The number of nitriles is 1. The number of hydrogen-bond donors (Lipinski definition) is 0. The van der Waals surface area contributed by atoms with Gasteiger partial charge in [0.25, 0.3) is 0 Å². The van der Waals surface area contributed by atoms with Crippen LogP contribution in [0.5, 0.6) is 0 Å². The Balaban J connectivity index is 1.61. The van der Waals surface area contributed by atoms with E-state index in [1.54, 1.807) is 10.6 Å². The molecule has 0 amide bonds. The third-order valence-corrected chi connectivity index (χ3v) is 6.30. The Labute approximate surface area is 190 Å². The second-order valence-electron chi connectivity index (χ2n) is 9.84. The number of aromatic nitrogens is 1. The van der Waals surface area contributed by atoms with E-state index in [-0.39, 0.29) is 6.09 Å². The fourth-order valence-corrected chi connectivity index (χ4v) is 4.75. The average Bonchev–Trinajstić information content (AvgIpc) is 3.38. The van der Waals surface area contributed by atoms with Crippen molar-refractivity contribution in [1.82, 2.24) is 9.47 Å². The number of ether oxygens (including phenoxy) is 1. The van der Waals surface area contributed by atoms with Crippen molar-refractivity contribution in [3.63, 3.8) is 0 Å². The molecule has 1 heterocycles. The molecule has 0 aliphatic heterocycles. The van der Waals surface area contributed by atoms with E-state index < -0.39 is 5.60 Å². The third-order valence-electron chi connectivity index (χ3n) is 6.30. The topological polar surface area (TPSA) is 58.3 Å². The smallest absolute Gasteiger partial charge is 0.419 e. The van der Waals surface area contributed by atoms with Crippen LogP contribution in [0.1, 0.15) is 62.6 Å². The monoisotopic (exact) mass is 429 g/mol. The number of rotatable bonds is 4. The predicted molar refractivity (Wildman–Crippen MR) is 127 cm³/mol. The number of nitrogens with zero attached hydrogens (tertiary/aromatic N) is 3. The summed E-state index contributed by atoms with van der Waals surface area (Å²) in [7, 11) is 2.19. The van der Waals surface area contributed by atoms with Crippen LogP contribution in [0.4, 0.5) is 4.79 Å². The molecule has 0 saturated heterocycles. The number of hydrogen-bond acceptors (Lipinski definition) is 4. The fraction of sp³-hybridized carbons (Fsp3) is 0.407. The zero-order valence-electron chi connectivity index (χ0n) is 19.3. The van der Waals surface area contributed by atoms with Gasteiger partial charge in [0, 0.05) is 24.2 Å². The number of benzene rings is 2. The molecule has 0 N–H and O–H groups in total. The summed E-state index contributed by atoms with van der Waals surface area (Å²) in [5, 5.41) is 10.4. The van der Waals surface area contributed by atoms with E-state index in [0.29, 0.717) is 17.5 Å². The van der Waals surface area contributed by atoms with Crippen LogP contribution >= 0.6 is 0 Å². The minimum atomic E-state index is -0.570. The Kier molecular flexibility index (Phi) is 6.08. The molecular weight excluding hydrogens is 398 g/mol. The summed E-state index contributed by atoms with van der Waals surface area (Å²) in [5.41, 5.74) is 3.29. The molecule has 2 atom stereocenters. The van der Waals surface area contributed by atoms with E-state index >= 15 is 0 Å². The Bertz CT molecular complexity index is 1150. The maximum absolute atomic E-state index is 12.9. The van der Waals surface area contributed by atoms with Gasteiger partial charge in [-0.05, 0) is 82.3 Å². The van der Waals surface area contributed by atoms with Crippen molar-refractivity contribution in [2.24, 2.45) is 0 Å². The van der Waals surface area contributed by atoms with Gasteiger partial charge in [-0.1, -0.05) is 30.3 Å². The van der Waals surface area contributed by atoms with Gasteiger partial charge >= 0.3 is 6.09 Å². The normalized spacial score (nSPS) is 18.8. The van der Waals surface area contributed by atoms with Gasteiger partial charge in [0.1, 0.15) is 5.60 Å². The molecule has 3 aromatic rings. The minimum absolute atomic E-state index is 0.346. The molecule has 0 bridgehead atoms. The molecule has 32 heavy (non-hydrogen) atoms. The summed E-state index contributed by atoms with van der Waals surface area (Å²) >= 11 is 0. The maximum atomic E-state index is 12.9. The zero-order valence-corrected chi connectivity index (χ0v) is 19.3. The Morgan fingerprint density at radius 3 is 2.62 bits per heavy atom. The zero-order chi connectivity index (χ0) is 22.9. The van der Waals surface area contributed by atoms with Gasteiger partial charge in [-0.25, -0.2) is 4.79 Å². The van der Waals surface area contributed by atoms with Crippen molar-refractivity contribution >= 4 is 17.0 Å². The van der Waals surface area contributed by atoms with Crippen LogP contribution < -0.4 is 0 Å². The SMILES string of the molecule is CN(Cc1ccccc1)[C@@H]1CC[C@H](c2cn(C(=O)OC(C)(C)C)c3ccc(C#N)cc23)C1. The highest BCUT2D eigenvalue weighted by atomic mass is 16.6. The highest BCUT2D eigenvalue weighted by molar-refractivity contribution is 5.93. The standard InChI is InChI=1S/C27H31N3O2/c1-27(2,3)32-26(31)30-18-24(23-14-20(16-28)10-13-25(23)30)21-11-12-22(15-21)29(4)17-19-8-6-5-7-9-19/h5-10,13-14,18,21-22H,11-12,15,17H2,1-4H3/t21-,22+/m0/s1. The van der Waals surface area contributed by atoms with Crippen LogP contribution in [-0.4, -0.2) is 34.3 Å². The fourth-order valence-electron chi connectivity index (χ4n) is 4.75. The molecule has 1 aliphatic rings. The summed E-state index contributed by atoms with van der Waals surface area (Å²) in [5.74, 6) is 0.346. The first-order valence-corrected chi connectivity index (χ1v) is 11.3. The van der Waals surface area contributed by atoms with Crippen molar-refractivity contribution in [3.05, 3.63) is 71.4 Å². The van der Waals surface area contributed by atoms with Crippen LogP contribution in [0.15, 0.2) is 54.7 Å². The Hall–Kier alpha value is -3.10. The lowest BCUT2D eigenvalue weighted by Gasteiger charge is -2.24. The lowest BCUT2D eigenvalue weighted by molar-refractivity contribution is 0.0544. The van der Waals surface area contributed by atoms with Crippen LogP contribution in [-0.2, 0) is 11.3 Å². The molecule has 0 spiro atoms. The first kappa shape index (κ1) is 22.1. The molecule has 0 unspecified atom stereocenters. The average molecular weight is 430 g/mol. The molecule has 1 aliphatic carbocycles. The van der Waals surface area contributed by atoms with E-state index in [9.17, 15) is 10.1 Å². The van der Waals surface area contributed by atoms with Crippen molar-refractivity contribution in [1.29, 1.82) is 5.26 Å². The van der Waals surface area contributed by atoms with Gasteiger partial charge in [0.15, 0.2) is 0 Å². The first-order chi connectivity index (χ1) is 15.2. The van der Waals surface area contributed by atoms with Gasteiger partial charge in [-0.15, -0.1) is 0 Å². The Morgan fingerprint density at radius 2 is 1.94 bits per heavy atom. The number of carbonyl (C=O) groups excluding carboxylic acids is 1. The summed E-state index contributed by atoms with van der Waals surface area (Å²) < 4.78 is 7.25. The molecule has 4 rings (SSSR count). The van der Waals surface area contributed by atoms with Crippen LogP contribution in [0.25, 0.3) is 10.9 Å². The molecule has 1 saturated carbocycles. The van der Waals surface area contributed by atoms with E-state index in [0.717, 1.165) is 42.3 Å². The second-order valence-corrected chi connectivity index (χ2v) is 9.84. The van der Waals surface area contributed by atoms with E-state index in [4.69, 9.17) is 4.74 Å². The van der Waals surface area contributed by atoms with Crippen molar-refractivity contribution < 1.29 is 9.53 Å². The molecule has 5 nitrogen and oxygen atoms in total. The van der Waals surface area contributed by atoms with Crippen LogP contribution in [0, 0.1) is 11.3 Å². The largest absolute Gasteiger partial charge is 0.443 e. The summed E-state index contributed by atoms with van der Waals surface area (Å²) in [6.07, 6.45) is 4.77. The van der Waals surface area contributed by atoms with E-state index in [2.05, 4.69) is 42.3 Å². The lowest BCUT2D eigenvalue weighted by Crippen LogP contribution is -2.28. The second kappa shape index (κ2) is 8.80. The van der Waals surface area contributed by atoms with Gasteiger partial charge in [0.2, 0.25) is 0 Å². The van der Waals surface area contributed by atoms with Gasteiger partial charge in [-0.2, -0.15) is 5.26 Å². The summed E-state index contributed by atoms with van der Waals surface area (Å²) in [4.78, 5) is 15.3. The van der Waals surface area contributed by atoms with Crippen molar-refractivity contribution in [3.8, 4) is 6.07 Å². The summed E-state index contributed by atoms with van der Waals surface area (Å²) in [6.45, 7) is 6.54. The highest BCUT2D eigenvalue weighted by Crippen LogP contribution is 2.41. The molecule has 1 aromatic heterocycles. The van der Waals surface area contributed by atoms with Crippen LogP contribution in [0.3, 0.4) is 0 Å². The lowest BCUT2D eigenvalue weighted by atomic mass is 9.96. The summed E-state index contributed by atoms with van der Waals surface area (Å²) in [6, 6.07) is 18.8. The first-order valence-electron chi connectivity index (χ1n) is 11.3. The van der Waals surface area contributed by atoms with Gasteiger partial charge in [0.05, 0.1) is 17.1 Å². The molecule has 0 radical (unpaired) electrons. The third kappa shape index (κ3) is 4.71. The van der Waals surface area contributed by atoms with Crippen molar-refractivity contribution in [2.45, 2.75) is 64.1 Å². The minimum Gasteiger partial charge on any atom is -0.443 e. The molecule has 5 heteroatoms. The van der Waals surface area contributed by atoms with Crippen molar-refractivity contribution in [2.75, 3.05) is 7.05 Å². The Morgan fingerprint density at radius 1 is 1.19 bits per heavy atom. The molecule has 166 valence electrons. The molecule has 1 fully saturated rings. The van der Waals surface area contributed by atoms with Crippen LogP contribution in [0.2, 0.25) is 0 Å². The predicted octanol–water partition coefficient (Wildman–Crippen LogP) is 6.06. The van der Waals surface area contributed by atoms with Gasteiger partial charge < -0.3 is 4.74 Å². The maximum Gasteiger partial charge on any atom is 0.419 e. The number of carbonyl (C=O) groups is 1. The molecular formula is C27H31N3O2. The quantitative estimate of drug-likeness (QED) is 0.505. The molecule has 2 aromatic carbocycles. The van der Waals surface area contributed by atoms with Gasteiger partial charge in [-0.3, -0.25) is 9.47 Å². The van der Waals surface area contributed by atoms with E-state index in [1.807, 2.05) is 45.2 Å². The number of fused-ring (bicyclic) bond motifs is 1.